The molecule has 0 spiro atoms. The SMILES string of the molecule is CCCCC(C)OC(=O)CCCC(=O)Oc1c(Cl)cc(Cl)cc1Cl. The molecule has 0 aromatic heterocycles. The van der Waals surface area contributed by atoms with Crippen LogP contribution in [0.25, 0.3) is 0 Å². The first kappa shape index (κ1) is 21.1. The Hall–Kier alpha value is -0.970. The molecule has 0 aliphatic heterocycles. The van der Waals surface area contributed by atoms with Crippen LogP contribution in [0.3, 0.4) is 0 Å². The summed E-state index contributed by atoms with van der Waals surface area (Å²) >= 11 is 17.7. The van der Waals surface area contributed by atoms with Crippen molar-refractivity contribution < 1.29 is 19.1 Å². The predicted octanol–water partition coefficient (Wildman–Crippen LogP) is 5.84. The van der Waals surface area contributed by atoms with Gasteiger partial charge < -0.3 is 9.47 Å². The van der Waals surface area contributed by atoms with Crippen LogP contribution < -0.4 is 4.74 Å². The molecule has 7 heteroatoms. The summed E-state index contributed by atoms with van der Waals surface area (Å²) in [6.07, 6.45) is 3.38. The van der Waals surface area contributed by atoms with Crippen molar-refractivity contribution in [1.82, 2.24) is 0 Å². The molecule has 24 heavy (non-hydrogen) atoms. The van der Waals surface area contributed by atoms with E-state index in [4.69, 9.17) is 44.3 Å². The summed E-state index contributed by atoms with van der Waals surface area (Å²) in [4.78, 5) is 23.5. The average Bonchev–Trinajstić information content (AvgIpc) is 2.48. The van der Waals surface area contributed by atoms with Gasteiger partial charge in [-0.25, -0.2) is 0 Å². The molecular formula is C17H21Cl3O4. The number of halogens is 3. The van der Waals surface area contributed by atoms with Crippen LogP contribution in [0.1, 0.15) is 52.4 Å². The normalized spacial score (nSPS) is 11.9. The van der Waals surface area contributed by atoms with Gasteiger partial charge in [-0.2, -0.15) is 0 Å². The fourth-order valence-corrected chi connectivity index (χ4v) is 2.90. The molecule has 0 saturated carbocycles. The van der Waals surface area contributed by atoms with E-state index < -0.39 is 5.97 Å². The highest BCUT2D eigenvalue weighted by molar-refractivity contribution is 6.40. The molecule has 1 aromatic carbocycles. The Morgan fingerprint density at radius 1 is 1.04 bits per heavy atom. The van der Waals surface area contributed by atoms with Gasteiger partial charge in [0.1, 0.15) is 0 Å². The van der Waals surface area contributed by atoms with Crippen LogP contribution in [0.2, 0.25) is 15.1 Å². The van der Waals surface area contributed by atoms with E-state index in [1.165, 1.54) is 12.1 Å². The third-order valence-electron chi connectivity index (χ3n) is 3.24. The Labute approximate surface area is 157 Å². The number of carbonyl (C=O) groups is 2. The average molecular weight is 396 g/mol. The van der Waals surface area contributed by atoms with Crippen LogP contribution in [-0.4, -0.2) is 18.0 Å². The zero-order chi connectivity index (χ0) is 18.1. The van der Waals surface area contributed by atoms with Crippen LogP contribution in [0.5, 0.6) is 5.75 Å². The van der Waals surface area contributed by atoms with Crippen molar-refractivity contribution in [1.29, 1.82) is 0 Å². The van der Waals surface area contributed by atoms with Crippen molar-refractivity contribution in [3.8, 4) is 5.75 Å². The third-order valence-corrected chi connectivity index (χ3v) is 4.02. The van der Waals surface area contributed by atoms with E-state index >= 15 is 0 Å². The molecule has 0 N–H and O–H groups in total. The second kappa shape index (κ2) is 10.8. The number of esters is 2. The fourth-order valence-electron chi connectivity index (χ4n) is 2.00. The van der Waals surface area contributed by atoms with Crippen LogP contribution >= 0.6 is 34.8 Å². The summed E-state index contributed by atoms with van der Waals surface area (Å²) in [5.74, 6) is -0.759. The van der Waals surface area contributed by atoms with E-state index in [1.807, 2.05) is 6.92 Å². The molecule has 0 bridgehead atoms. The number of benzene rings is 1. The van der Waals surface area contributed by atoms with Crippen LogP contribution in [0.15, 0.2) is 12.1 Å². The maximum absolute atomic E-state index is 11.8. The number of hydrogen-bond donors (Lipinski definition) is 0. The third kappa shape index (κ3) is 7.73. The van der Waals surface area contributed by atoms with Gasteiger partial charge in [-0.05, 0) is 31.9 Å². The first-order valence-corrected chi connectivity index (χ1v) is 9.01. The maximum atomic E-state index is 11.8. The molecule has 0 aliphatic carbocycles. The van der Waals surface area contributed by atoms with Crippen molar-refractivity contribution in [3.05, 3.63) is 27.2 Å². The lowest BCUT2D eigenvalue weighted by Gasteiger charge is -2.12. The van der Waals surface area contributed by atoms with Crippen molar-refractivity contribution in [2.24, 2.45) is 0 Å². The molecule has 134 valence electrons. The molecule has 4 nitrogen and oxygen atoms in total. The molecule has 0 heterocycles. The van der Waals surface area contributed by atoms with Gasteiger partial charge in [0.25, 0.3) is 0 Å². The van der Waals surface area contributed by atoms with Crippen LogP contribution in [-0.2, 0) is 14.3 Å². The highest BCUT2D eigenvalue weighted by Gasteiger charge is 2.15. The molecule has 1 atom stereocenters. The summed E-state index contributed by atoms with van der Waals surface area (Å²) in [5.41, 5.74) is 0. The lowest BCUT2D eigenvalue weighted by Crippen LogP contribution is -2.15. The summed E-state index contributed by atoms with van der Waals surface area (Å²) in [5, 5.41) is 0.666. The van der Waals surface area contributed by atoms with Crippen molar-refractivity contribution in [3.63, 3.8) is 0 Å². The van der Waals surface area contributed by atoms with Gasteiger partial charge in [-0.1, -0.05) is 54.6 Å². The van der Waals surface area contributed by atoms with E-state index in [9.17, 15) is 9.59 Å². The highest BCUT2D eigenvalue weighted by Crippen LogP contribution is 2.36. The van der Waals surface area contributed by atoms with E-state index in [0.717, 1.165) is 19.3 Å². The molecular weight excluding hydrogens is 375 g/mol. The topological polar surface area (TPSA) is 52.6 Å². The number of carbonyl (C=O) groups excluding carboxylic acids is 2. The zero-order valence-electron chi connectivity index (χ0n) is 13.7. The predicted molar refractivity (Wildman–Crippen MR) is 96.0 cm³/mol. The summed E-state index contributed by atoms with van der Waals surface area (Å²) in [6.45, 7) is 3.95. The molecule has 0 saturated heterocycles. The standard InChI is InChI=1S/C17H21Cl3O4/c1-3-4-6-11(2)23-15(21)7-5-8-16(22)24-17-13(19)9-12(18)10-14(17)20/h9-11H,3-8H2,1-2H3. The minimum absolute atomic E-state index is 0.0632. The van der Waals surface area contributed by atoms with Crippen LogP contribution in [0.4, 0.5) is 0 Å². The number of rotatable bonds is 9. The van der Waals surface area contributed by atoms with Crippen LogP contribution in [0, 0.1) is 0 Å². The lowest BCUT2D eigenvalue weighted by atomic mass is 10.2. The monoisotopic (exact) mass is 394 g/mol. The minimum atomic E-state index is -0.520. The quantitative estimate of drug-likeness (QED) is 0.389. The molecule has 0 amide bonds. The Kier molecular flexibility index (Phi) is 9.49. The Balaban J connectivity index is 2.36. The molecule has 1 unspecified atom stereocenters. The Bertz CT molecular complexity index is 552. The van der Waals surface area contributed by atoms with Gasteiger partial charge >= 0.3 is 11.9 Å². The van der Waals surface area contributed by atoms with E-state index in [-0.39, 0.29) is 40.7 Å². The van der Waals surface area contributed by atoms with Crippen molar-refractivity contribution in [2.75, 3.05) is 0 Å². The van der Waals surface area contributed by atoms with Gasteiger partial charge in [-0.15, -0.1) is 0 Å². The van der Waals surface area contributed by atoms with E-state index in [0.29, 0.717) is 11.4 Å². The molecule has 0 fully saturated rings. The number of ether oxygens (including phenoxy) is 2. The van der Waals surface area contributed by atoms with Gasteiger partial charge in [0.05, 0.1) is 16.1 Å². The second-order valence-electron chi connectivity index (χ2n) is 5.47. The van der Waals surface area contributed by atoms with E-state index in [1.54, 1.807) is 0 Å². The Morgan fingerprint density at radius 2 is 1.62 bits per heavy atom. The van der Waals surface area contributed by atoms with Gasteiger partial charge in [0.2, 0.25) is 0 Å². The van der Waals surface area contributed by atoms with Crippen molar-refractivity contribution in [2.45, 2.75) is 58.5 Å². The first-order chi connectivity index (χ1) is 11.3. The molecule has 1 rings (SSSR count). The largest absolute Gasteiger partial charge is 0.463 e. The first-order valence-electron chi connectivity index (χ1n) is 7.88. The Morgan fingerprint density at radius 3 is 2.21 bits per heavy atom. The molecule has 1 aromatic rings. The summed E-state index contributed by atoms with van der Waals surface area (Å²) in [6, 6.07) is 2.87. The van der Waals surface area contributed by atoms with E-state index in [2.05, 4.69) is 6.92 Å². The minimum Gasteiger partial charge on any atom is -0.463 e. The smallest absolute Gasteiger partial charge is 0.311 e. The van der Waals surface area contributed by atoms with Gasteiger partial charge in [0, 0.05) is 17.9 Å². The lowest BCUT2D eigenvalue weighted by molar-refractivity contribution is -0.148. The van der Waals surface area contributed by atoms with Crippen molar-refractivity contribution >= 4 is 46.7 Å². The molecule has 0 aliphatic rings. The maximum Gasteiger partial charge on any atom is 0.311 e. The molecule has 0 radical (unpaired) electrons. The number of hydrogen-bond acceptors (Lipinski definition) is 4. The fraction of sp³-hybridized carbons (Fsp3) is 0.529. The number of unbranched alkanes of at least 4 members (excludes halogenated alkanes) is 1. The highest BCUT2D eigenvalue weighted by atomic mass is 35.5. The zero-order valence-corrected chi connectivity index (χ0v) is 16.0. The van der Waals surface area contributed by atoms with Gasteiger partial charge in [-0.3, -0.25) is 9.59 Å². The second-order valence-corrected chi connectivity index (χ2v) is 6.72. The summed E-state index contributed by atoms with van der Waals surface area (Å²) in [7, 11) is 0. The van der Waals surface area contributed by atoms with Gasteiger partial charge in [0.15, 0.2) is 5.75 Å². The summed E-state index contributed by atoms with van der Waals surface area (Å²) < 4.78 is 10.4.